The van der Waals surface area contributed by atoms with Crippen LogP contribution in [0.25, 0.3) is 0 Å². The van der Waals surface area contributed by atoms with Crippen LogP contribution in [0.2, 0.25) is 0 Å². The fourth-order valence-electron chi connectivity index (χ4n) is 2.10. The van der Waals surface area contributed by atoms with E-state index in [4.69, 9.17) is 0 Å². The van der Waals surface area contributed by atoms with E-state index in [2.05, 4.69) is 34.9 Å². The number of piperidine rings is 1. The lowest BCUT2D eigenvalue weighted by molar-refractivity contribution is 0.460. The number of nitrogens with one attached hydrogen (secondary N) is 2. The maximum Gasteiger partial charge on any atom is 0.0340 e. The molecule has 2 rings (SSSR count). The molecule has 1 aromatic rings. The van der Waals surface area contributed by atoms with E-state index in [-0.39, 0.29) is 0 Å². The smallest absolute Gasteiger partial charge is 0.0340 e. The molecule has 0 atom stereocenters. The Balaban J connectivity index is 2.13. The van der Waals surface area contributed by atoms with E-state index in [1.807, 2.05) is 7.05 Å². The normalized spacial score (nSPS) is 18.1. The zero-order chi connectivity index (χ0) is 9.80. The van der Waals surface area contributed by atoms with Crippen molar-refractivity contribution in [3.8, 4) is 0 Å². The fraction of sp³-hybridized carbons (Fsp3) is 0.500. The number of hydrogen-bond acceptors (Lipinski definition) is 2. The average Bonchev–Trinajstić information content (AvgIpc) is 2.30. The van der Waals surface area contributed by atoms with Crippen LogP contribution in [0, 0.1) is 0 Å². The van der Waals surface area contributed by atoms with E-state index < -0.39 is 0 Å². The third-order valence-corrected chi connectivity index (χ3v) is 2.99. The largest absolute Gasteiger partial charge is 0.388 e. The Morgan fingerprint density at radius 3 is 2.79 bits per heavy atom. The van der Waals surface area contributed by atoms with Crippen LogP contribution in [0.4, 0.5) is 5.69 Å². The Kier molecular flexibility index (Phi) is 3.04. The van der Waals surface area contributed by atoms with Gasteiger partial charge in [0.25, 0.3) is 0 Å². The highest BCUT2D eigenvalue weighted by Gasteiger charge is 2.14. The van der Waals surface area contributed by atoms with E-state index in [1.54, 1.807) is 0 Å². The minimum Gasteiger partial charge on any atom is -0.388 e. The summed E-state index contributed by atoms with van der Waals surface area (Å²) >= 11 is 0. The predicted octanol–water partition coefficient (Wildman–Crippen LogP) is 2.20. The molecule has 1 fully saturated rings. The first kappa shape index (κ1) is 9.53. The number of hydrogen-bond donors (Lipinski definition) is 2. The second-order valence-electron chi connectivity index (χ2n) is 3.90. The maximum atomic E-state index is 3.40. The van der Waals surface area contributed by atoms with Crippen molar-refractivity contribution in [2.45, 2.75) is 18.8 Å². The van der Waals surface area contributed by atoms with Gasteiger partial charge < -0.3 is 10.6 Å². The molecule has 0 amide bonds. The Labute approximate surface area is 85.7 Å². The molecule has 14 heavy (non-hydrogen) atoms. The molecule has 1 heterocycles. The minimum absolute atomic E-state index is 0.754. The third-order valence-electron chi connectivity index (χ3n) is 2.99. The van der Waals surface area contributed by atoms with Crippen LogP contribution in [0.15, 0.2) is 24.3 Å². The molecule has 1 aromatic carbocycles. The van der Waals surface area contributed by atoms with Crippen molar-refractivity contribution in [3.05, 3.63) is 29.8 Å². The van der Waals surface area contributed by atoms with E-state index >= 15 is 0 Å². The lowest BCUT2D eigenvalue weighted by atomic mass is 9.90. The van der Waals surface area contributed by atoms with Crippen molar-refractivity contribution in [1.29, 1.82) is 0 Å². The molecule has 2 nitrogen and oxygen atoms in total. The first-order valence-electron chi connectivity index (χ1n) is 5.38. The van der Waals surface area contributed by atoms with Gasteiger partial charge in [-0.25, -0.2) is 0 Å². The molecule has 1 saturated heterocycles. The van der Waals surface area contributed by atoms with Crippen molar-refractivity contribution in [2.24, 2.45) is 0 Å². The van der Waals surface area contributed by atoms with Crippen molar-refractivity contribution in [1.82, 2.24) is 5.32 Å². The van der Waals surface area contributed by atoms with E-state index in [0.717, 1.165) is 19.0 Å². The summed E-state index contributed by atoms with van der Waals surface area (Å²) in [6.07, 6.45) is 2.54. The Bertz CT molecular complexity index is 290. The minimum atomic E-state index is 0.754. The number of anilines is 1. The summed E-state index contributed by atoms with van der Waals surface area (Å²) in [6.45, 7) is 2.32. The van der Waals surface area contributed by atoms with Crippen LogP contribution in [-0.2, 0) is 0 Å². The summed E-state index contributed by atoms with van der Waals surface area (Å²) in [6, 6.07) is 8.78. The van der Waals surface area contributed by atoms with Crippen LogP contribution in [-0.4, -0.2) is 20.1 Å². The first-order chi connectivity index (χ1) is 6.90. The fourth-order valence-corrected chi connectivity index (χ4v) is 2.10. The Morgan fingerprint density at radius 1 is 1.29 bits per heavy atom. The zero-order valence-corrected chi connectivity index (χ0v) is 8.72. The van der Waals surface area contributed by atoms with Gasteiger partial charge in [0.1, 0.15) is 0 Å². The van der Waals surface area contributed by atoms with Gasteiger partial charge in [0.05, 0.1) is 0 Å². The summed E-state index contributed by atoms with van der Waals surface area (Å²) in [5.74, 6) is 0.754. The molecule has 2 N–H and O–H groups in total. The molecule has 0 bridgehead atoms. The Morgan fingerprint density at radius 2 is 2.07 bits per heavy atom. The van der Waals surface area contributed by atoms with Crippen LogP contribution < -0.4 is 10.6 Å². The summed E-state index contributed by atoms with van der Waals surface area (Å²) in [7, 11) is 1.97. The van der Waals surface area contributed by atoms with Crippen molar-refractivity contribution >= 4 is 5.69 Å². The molecular weight excluding hydrogens is 172 g/mol. The molecule has 0 radical (unpaired) electrons. The highest BCUT2D eigenvalue weighted by atomic mass is 14.9. The molecule has 1 aliphatic heterocycles. The lowest BCUT2D eigenvalue weighted by Crippen LogP contribution is -2.26. The molecule has 0 saturated carbocycles. The molecule has 0 aromatic heterocycles. The van der Waals surface area contributed by atoms with Crippen molar-refractivity contribution in [2.75, 3.05) is 25.5 Å². The summed E-state index contributed by atoms with van der Waals surface area (Å²) in [5, 5.41) is 6.59. The van der Waals surface area contributed by atoms with Crippen molar-refractivity contribution < 1.29 is 0 Å². The molecule has 0 unspecified atom stereocenters. The van der Waals surface area contributed by atoms with Gasteiger partial charge in [-0.05, 0) is 49.5 Å². The van der Waals surface area contributed by atoms with E-state index in [1.165, 1.54) is 24.1 Å². The predicted molar refractivity (Wildman–Crippen MR) is 60.8 cm³/mol. The topological polar surface area (TPSA) is 24.1 Å². The number of rotatable bonds is 2. The van der Waals surface area contributed by atoms with Gasteiger partial charge >= 0.3 is 0 Å². The van der Waals surface area contributed by atoms with Gasteiger partial charge in [-0.2, -0.15) is 0 Å². The second kappa shape index (κ2) is 4.47. The average molecular weight is 190 g/mol. The maximum absolute atomic E-state index is 3.40. The van der Waals surface area contributed by atoms with Gasteiger partial charge in [-0.15, -0.1) is 0 Å². The summed E-state index contributed by atoms with van der Waals surface area (Å²) < 4.78 is 0. The highest BCUT2D eigenvalue weighted by Crippen LogP contribution is 2.26. The van der Waals surface area contributed by atoms with Crippen LogP contribution >= 0.6 is 0 Å². The lowest BCUT2D eigenvalue weighted by Gasteiger charge is -2.23. The number of benzene rings is 1. The van der Waals surface area contributed by atoms with Gasteiger partial charge in [0.2, 0.25) is 0 Å². The monoisotopic (exact) mass is 190 g/mol. The van der Waals surface area contributed by atoms with E-state index in [9.17, 15) is 0 Å². The van der Waals surface area contributed by atoms with Crippen LogP contribution in [0.1, 0.15) is 24.3 Å². The molecule has 76 valence electrons. The van der Waals surface area contributed by atoms with Crippen LogP contribution in [0.5, 0.6) is 0 Å². The van der Waals surface area contributed by atoms with Gasteiger partial charge in [-0.3, -0.25) is 0 Å². The van der Waals surface area contributed by atoms with Crippen molar-refractivity contribution in [3.63, 3.8) is 0 Å². The third kappa shape index (κ3) is 2.07. The first-order valence-corrected chi connectivity index (χ1v) is 5.38. The molecular formula is C12H18N2. The Hall–Kier alpha value is -1.02. The highest BCUT2D eigenvalue weighted by molar-refractivity contribution is 5.46. The van der Waals surface area contributed by atoms with Gasteiger partial charge in [-0.1, -0.05) is 12.1 Å². The van der Waals surface area contributed by atoms with E-state index in [0.29, 0.717) is 0 Å². The summed E-state index contributed by atoms with van der Waals surface area (Å²) in [5.41, 5.74) is 2.71. The summed E-state index contributed by atoms with van der Waals surface area (Å²) in [4.78, 5) is 0. The molecule has 2 heteroatoms. The molecule has 0 spiro atoms. The van der Waals surface area contributed by atoms with Gasteiger partial charge in [0, 0.05) is 12.7 Å². The van der Waals surface area contributed by atoms with Gasteiger partial charge in [0.15, 0.2) is 0 Å². The quantitative estimate of drug-likeness (QED) is 0.747. The molecule has 1 aliphatic rings. The zero-order valence-electron chi connectivity index (χ0n) is 8.72. The second-order valence-corrected chi connectivity index (χ2v) is 3.90. The van der Waals surface area contributed by atoms with Crippen LogP contribution in [0.3, 0.4) is 0 Å². The molecule has 0 aliphatic carbocycles. The standard InChI is InChI=1S/C12H18N2/c1-13-12-4-2-3-11(9-12)10-5-7-14-8-6-10/h2-4,9-10,13-14H,5-8H2,1H3. The SMILES string of the molecule is CNc1cccc(C2CCNCC2)c1.